The Hall–Kier alpha value is -4.31. The molecule has 2 aromatic carbocycles. The Labute approximate surface area is 252 Å². The number of hydrogen-bond acceptors (Lipinski definition) is 2. The number of aliphatic imine (C=N–C) groups is 1. The molecular formula is C38H46N4+2. The summed E-state index contributed by atoms with van der Waals surface area (Å²) in [7, 11) is 8.07. The lowest BCUT2D eigenvalue weighted by atomic mass is 9.81. The van der Waals surface area contributed by atoms with E-state index < -0.39 is 0 Å². The lowest BCUT2D eigenvalue weighted by Crippen LogP contribution is -2.36. The summed E-state index contributed by atoms with van der Waals surface area (Å²) in [5.41, 5.74) is 10.5. The van der Waals surface area contributed by atoms with E-state index in [1.165, 1.54) is 22.5 Å². The van der Waals surface area contributed by atoms with E-state index in [1.807, 2.05) is 14.1 Å². The van der Waals surface area contributed by atoms with Crippen molar-refractivity contribution in [3.05, 3.63) is 137 Å². The Balaban J connectivity index is 1.51. The Morgan fingerprint density at radius 1 is 0.881 bits per heavy atom. The SMILES string of the molecule is CN=C(C=CC(C)=CC=C(NC)C(C)(C)c1ccccc1)c1ccc(/C=C/C2=[N+](C)c3ccccc3C2(C)C)c[n+]1C. The molecule has 42 heavy (non-hydrogen) atoms. The number of nitrogens with one attached hydrogen (secondary N) is 1. The number of benzene rings is 2. The molecule has 1 aliphatic heterocycles. The van der Waals surface area contributed by atoms with Crippen molar-refractivity contribution in [3.8, 4) is 0 Å². The van der Waals surface area contributed by atoms with Crippen LogP contribution < -0.4 is 9.88 Å². The van der Waals surface area contributed by atoms with Crippen molar-refractivity contribution in [1.82, 2.24) is 5.32 Å². The predicted molar refractivity (Wildman–Crippen MR) is 179 cm³/mol. The largest absolute Gasteiger partial charge is 0.391 e. The van der Waals surface area contributed by atoms with Crippen molar-refractivity contribution in [2.24, 2.45) is 12.0 Å². The fourth-order valence-corrected chi connectivity index (χ4v) is 5.84. The smallest absolute Gasteiger partial charge is 0.230 e. The van der Waals surface area contributed by atoms with Crippen LogP contribution in [0.4, 0.5) is 5.69 Å². The van der Waals surface area contributed by atoms with Crippen molar-refractivity contribution in [3.63, 3.8) is 0 Å². The highest BCUT2D eigenvalue weighted by Crippen LogP contribution is 2.39. The average Bonchev–Trinajstić information content (AvgIpc) is 3.17. The third kappa shape index (κ3) is 6.28. The maximum absolute atomic E-state index is 4.60. The van der Waals surface area contributed by atoms with Gasteiger partial charge < -0.3 is 5.32 Å². The van der Waals surface area contributed by atoms with E-state index in [2.05, 4.69) is 178 Å². The molecule has 0 saturated carbocycles. The van der Waals surface area contributed by atoms with Crippen LogP contribution in [0.5, 0.6) is 0 Å². The Kier molecular flexibility index (Phi) is 9.26. The normalized spacial score (nSPS) is 16.1. The number of para-hydroxylation sites is 1. The molecule has 3 aromatic rings. The van der Waals surface area contributed by atoms with E-state index >= 15 is 0 Å². The number of nitrogens with zero attached hydrogens (tertiary/aromatic N) is 3. The van der Waals surface area contributed by atoms with Crippen molar-refractivity contribution in [1.29, 1.82) is 0 Å². The van der Waals surface area contributed by atoms with E-state index in [4.69, 9.17) is 0 Å². The number of likely N-dealkylation sites (N-methyl/N-ethyl adjacent to an activating group) is 1. The van der Waals surface area contributed by atoms with Gasteiger partial charge in [-0.1, -0.05) is 80.1 Å². The van der Waals surface area contributed by atoms with Crippen LogP contribution in [0.25, 0.3) is 6.08 Å². The second-order valence-corrected chi connectivity index (χ2v) is 12.1. The summed E-state index contributed by atoms with van der Waals surface area (Å²) in [6, 6.07) is 23.6. The Morgan fingerprint density at radius 2 is 1.57 bits per heavy atom. The van der Waals surface area contributed by atoms with Gasteiger partial charge in [0.2, 0.25) is 11.4 Å². The van der Waals surface area contributed by atoms with Crippen molar-refractivity contribution < 1.29 is 9.14 Å². The van der Waals surface area contributed by atoms with Crippen LogP contribution in [0.1, 0.15) is 57.0 Å². The zero-order valence-corrected chi connectivity index (χ0v) is 26.7. The molecule has 0 bridgehead atoms. The van der Waals surface area contributed by atoms with Crippen LogP contribution in [-0.4, -0.2) is 37.1 Å². The van der Waals surface area contributed by atoms with Gasteiger partial charge >= 0.3 is 0 Å². The summed E-state index contributed by atoms with van der Waals surface area (Å²) >= 11 is 0. The van der Waals surface area contributed by atoms with Gasteiger partial charge in [0.25, 0.3) is 0 Å². The summed E-state index contributed by atoms with van der Waals surface area (Å²) in [4.78, 5) is 4.60. The summed E-state index contributed by atoms with van der Waals surface area (Å²) in [5, 5.41) is 3.41. The van der Waals surface area contributed by atoms with Gasteiger partial charge in [-0.15, -0.1) is 0 Å². The number of hydrogen-bond donors (Lipinski definition) is 1. The summed E-state index contributed by atoms with van der Waals surface area (Å²) < 4.78 is 4.45. The molecule has 0 fully saturated rings. The first-order valence-corrected chi connectivity index (χ1v) is 14.7. The van der Waals surface area contributed by atoms with Gasteiger partial charge in [-0.3, -0.25) is 4.99 Å². The molecule has 216 valence electrons. The minimum Gasteiger partial charge on any atom is -0.391 e. The number of aryl methyl sites for hydroxylation is 1. The van der Waals surface area contributed by atoms with Crippen LogP contribution in [0.15, 0.2) is 120 Å². The first-order chi connectivity index (χ1) is 20.0. The van der Waals surface area contributed by atoms with Crippen LogP contribution in [0, 0.1) is 0 Å². The molecule has 0 aliphatic carbocycles. The quantitative estimate of drug-likeness (QED) is 0.168. The van der Waals surface area contributed by atoms with Gasteiger partial charge in [0.15, 0.2) is 11.9 Å². The molecule has 0 saturated heterocycles. The van der Waals surface area contributed by atoms with E-state index in [0.29, 0.717) is 0 Å². The molecule has 4 heteroatoms. The topological polar surface area (TPSA) is 31.3 Å². The molecule has 0 atom stereocenters. The Bertz CT molecular complexity index is 1630. The maximum atomic E-state index is 4.60. The highest BCUT2D eigenvalue weighted by molar-refractivity contribution is 6.07. The molecule has 1 N–H and O–H groups in total. The molecule has 0 spiro atoms. The molecule has 1 aliphatic rings. The molecule has 4 rings (SSSR count). The maximum Gasteiger partial charge on any atom is 0.230 e. The average molecular weight is 559 g/mol. The number of allylic oxidation sites excluding steroid dienone is 7. The first-order valence-electron chi connectivity index (χ1n) is 14.7. The third-order valence-electron chi connectivity index (χ3n) is 8.49. The standard InChI is InChI=1S/C38H46N4/c1-28(20-25-35(40-7)37(2,3)30-15-11-10-12-16-30)19-23-32(39-6)34-24-21-29(27-41(34)8)22-26-36-38(4,5)31-17-13-14-18-33(31)42(36)9/h10-27,40H,1-9H3/q+2/b23-19?,26-22+,28-20?,35-25?,39-32?. The van der Waals surface area contributed by atoms with Crippen LogP contribution in [-0.2, 0) is 17.9 Å². The molecular weight excluding hydrogens is 512 g/mol. The molecule has 2 heterocycles. The van der Waals surface area contributed by atoms with Gasteiger partial charge in [0, 0.05) is 54.5 Å². The lowest BCUT2D eigenvalue weighted by Gasteiger charge is -2.28. The molecule has 0 amide bonds. The zero-order chi connectivity index (χ0) is 30.5. The fourth-order valence-electron chi connectivity index (χ4n) is 5.84. The van der Waals surface area contributed by atoms with E-state index in [9.17, 15) is 0 Å². The number of aromatic nitrogens is 1. The highest BCUT2D eigenvalue weighted by atomic mass is 15.0. The second kappa shape index (κ2) is 12.7. The lowest BCUT2D eigenvalue weighted by molar-refractivity contribution is -0.672. The minimum atomic E-state index is -0.123. The second-order valence-electron chi connectivity index (χ2n) is 12.1. The number of rotatable bonds is 9. The van der Waals surface area contributed by atoms with Gasteiger partial charge in [0.05, 0.1) is 5.41 Å². The third-order valence-corrected chi connectivity index (χ3v) is 8.49. The molecule has 1 aromatic heterocycles. The summed E-state index contributed by atoms with van der Waals surface area (Å²) in [6.07, 6.45) is 15.2. The van der Waals surface area contributed by atoms with Crippen molar-refractivity contribution in [2.75, 3.05) is 21.1 Å². The molecule has 0 unspecified atom stereocenters. The van der Waals surface area contributed by atoms with Crippen molar-refractivity contribution in [2.45, 2.75) is 45.4 Å². The Morgan fingerprint density at radius 3 is 2.21 bits per heavy atom. The summed E-state index contributed by atoms with van der Waals surface area (Å²) in [5.74, 6) is 0. The van der Waals surface area contributed by atoms with Gasteiger partial charge in [0.1, 0.15) is 19.8 Å². The molecule has 4 nitrogen and oxygen atoms in total. The van der Waals surface area contributed by atoms with Crippen LogP contribution in [0.3, 0.4) is 0 Å². The zero-order valence-electron chi connectivity index (χ0n) is 26.7. The summed E-state index contributed by atoms with van der Waals surface area (Å²) in [6.45, 7) is 11.2. The van der Waals surface area contributed by atoms with E-state index in [1.54, 1.807) is 0 Å². The van der Waals surface area contributed by atoms with Crippen LogP contribution >= 0.6 is 0 Å². The fraction of sp³-hybridized carbons (Fsp3) is 0.289. The van der Waals surface area contributed by atoms with Crippen molar-refractivity contribution >= 4 is 23.2 Å². The van der Waals surface area contributed by atoms with Gasteiger partial charge in [-0.2, -0.15) is 9.14 Å². The van der Waals surface area contributed by atoms with E-state index in [-0.39, 0.29) is 10.8 Å². The molecule has 0 radical (unpaired) electrons. The van der Waals surface area contributed by atoms with Crippen LogP contribution in [0.2, 0.25) is 0 Å². The first kappa shape index (κ1) is 30.6. The number of pyridine rings is 1. The van der Waals surface area contributed by atoms with Gasteiger partial charge in [-0.25, -0.2) is 0 Å². The highest BCUT2D eigenvalue weighted by Gasteiger charge is 2.42. The van der Waals surface area contributed by atoms with Gasteiger partial charge in [-0.05, 0) is 50.6 Å². The predicted octanol–water partition coefficient (Wildman–Crippen LogP) is 7.23. The van der Waals surface area contributed by atoms with E-state index in [0.717, 1.165) is 28.2 Å². The minimum absolute atomic E-state index is 0.0391. The monoisotopic (exact) mass is 558 g/mol. The number of fused-ring (bicyclic) bond motifs is 1.